The van der Waals surface area contributed by atoms with E-state index in [-0.39, 0.29) is 0 Å². The van der Waals surface area contributed by atoms with Gasteiger partial charge in [0.2, 0.25) is 0 Å². The van der Waals surface area contributed by atoms with Crippen LogP contribution in [0.2, 0.25) is 0 Å². The molecule has 0 aromatic rings. The Labute approximate surface area is 94.2 Å². The minimum absolute atomic E-state index is 0.684. The van der Waals surface area contributed by atoms with Gasteiger partial charge in [0.25, 0.3) is 0 Å². The zero-order valence-corrected chi connectivity index (χ0v) is 10.5. The Balaban J connectivity index is 1.85. The van der Waals surface area contributed by atoms with E-state index in [4.69, 9.17) is 4.74 Å². The van der Waals surface area contributed by atoms with E-state index in [2.05, 4.69) is 31.1 Å². The molecule has 0 spiro atoms. The van der Waals surface area contributed by atoms with Crippen molar-refractivity contribution in [3.63, 3.8) is 0 Å². The van der Waals surface area contributed by atoms with Gasteiger partial charge < -0.3 is 15.0 Å². The molecule has 0 saturated carbocycles. The largest absolute Gasteiger partial charge is 0.380 e. The van der Waals surface area contributed by atoms with E-state index in [9.17, 15) is 0 Å². The molecule has 0 radical (unpaired) electrons. The summed E-state index contributed by atoms with van der Waals surface area (Å²) in [5, 5.41) is 3.53. The molecule has 0 aromatic heterocycles. The quantitative estimate of drug-likeness (QED) is 0.647. The van der Waals surface area contributed by atoms with Crippen LogP contribution >= 0.6 is 0 Å². The van der Waals surface area contributed by atoms with Gasteiger partial charge in [-0.3, -0.25) is 0 Å². The lowest BCUT2D eigenvalue weighted by Crippen LogP contribution is -2.34. The summed E-state index contributed by atoms with van der Waals surface area (Å²) in [6.07, 6.45) is 2.45. The highest BCUT2D eigenvalue weighted by Crippen LogP contribution is 2.05. The average Bonchev–Trinajstić information content (AvgIpc) is 2.57. The fourth-order valence-electron chi connectivity index (χ4n) is 1.86. The van der Waals surface area contributed by atoms with Gasteiger partial charge in [-0.15, -0.1) is 0 Å². The maximum Gasteiger partial charge on any atom is 0.0591 e. The Morgan fingerprint density at radius 1 is 1.40 bits per heavy atom. The predicted octanol–water partition coefficient (Wildman–Crippen LogP) is 1.34. The molecule has 3 heteroatoms. The van der Waals surface area contributed by atoms with Crippen molar-refractivity contribution in [2.45, 2.75) is 32.7 Å². The maximum atomic E-state index is 5.56. The van der Waals surface area contributed by atoms with Crippen molar-refractivity contribution in [2.75, 3.05) is 39.9 Å². The lowest BCUT2D eigenvalue weighted by atomic mass is 10.1. The molecule has 0 aromatic carbocycles. The number of hydrogen-bond donors (Lipinski definition) is 1. The summed E-state index contributed by atoms with van der Waals surface area (Å²) >= 11 is 0. The predicted molar refractivity (Wildman–Crippen MR) is 64.2 cm³/mol. The number of nitrogens with zero attached hydrogens (tertiary/aromatic N) is 1. The number of nitrogens with one attached hydrogen (secondary N) is 1. The van der Waals surface area contributed by atoms with Gasteiger partial charge in [0.05, 0.1) is 6.61 Å². The smallest absolute Gasteiger partial charge is 0.0591 e. The first-order valence-electron chi connectivity index (χ1n) is 6.18. The van der Waals surface area contributed by atoms with Crippen molar-refractivity contribution in [1.29, 1.82) is 0 Å². The van der Waals surface area contributed by atoms with Gasteiger partial charge in [-0.1, -0.05) is 13.8 Å². The summed E-state index contributed by atoms with van der Waals surface area (Å²) in [7, 11) is 2.18. The third-order valence-electron chi connectivity index (χ3n) is 2.91. The van der Waals surface area contributed by atoms with E-state index in [1.807, 2.05) is 0 Å². The molecule has 0 aliphatic carbocycles. The number of likely N-dealkylation sites (N-methyl/N-ethyl adjacent to an activating group) is 1. The monoisotopic (exact) mass is 214 g/mol. The van der Waals surface area contributed by atoms with Crippen molar-refractivity contribution in [1.82, 2.24) is 10.2 Å². The molecule has 15 heavy (non-hydrogen) atoms. The molecule has 90 valence electrons. The highest BCUT2D eigenvalue weighted by molar-refractivity contribution is 4.78. The summed E-state index contributed by atoms with van der Waals surface area (Å²) in [6.45, 7) is 9.64. The average molecular weight is 214 g/mol. The van der Waals surface area contributed by atoms with Gasteiger partial charge in [0.15, 0.2) is 0 Å². The van der Waals surface area contributed by atoms with Crippen LogP contribution < -0.4 is 5.32 Å². The molecular formula is C12H26N2O. The van der Waals surface area contributed by atoms with Crippen LogP contribution in [-0.2, 0) is 4.74 Å². The van der Waals surface area contributed by atoms with Crippen LogP contribution in [-0.4, -0.2) is 50.8 Å². The van der Waals surface area contributed by atoms with E-state index >= 15 is 0 Å². The number of likely N-dealkylation sites (tertiary alicyclic amines) is 1. The summed E-state index contributed by atoms with van der Waals surface area (Å²) < 4.78 is 5.56. The maximum absolute atomic E-state index is 5.56. The van der Waals surface area contributed by atoms with Crippen LogP contribution in [0, 0.1) is 5.92 Å². The SMILES string of the molecule is CC(C)CCOCCNC1CCN(C)C1. The topological polar surface area (TPSA) is 24.5 Å². The first-order chi connectivity index (χ1) is 7.18. The van der Waals surface area contributed by atoms with Crippen LogP contribution in [0.15, 0.2) is 0 Å². The van der Waals surface area contributed by atoms with Gasteiger partial charge in [-0.05, 0) is 32.4 Å². The van der Waals surface area contributed by atoms with Crippen molar-refractivity contribution < 1.29 is 4.74 Å². The van der Waals surface area contributed by atoms with Crippen LogP contribution in [0.3, 0.4) is 0 Å². The van der Waals surface area contributed by atoms with E-state index in [1.54, 1.807) is 0 Å². The van der Waals surface area contributed by atoms with Crippen LogP contribution in [0.5, 0.6) is 0 Å². The van der Waals surface area contributed by atoms with Crippen LogP contribution in [0.4, 0.5) is 0 Å². The van der Waals surface area contributed by atoms with Gasteiger partial charge >= 0.3 is 0 Å². The zero-order valence-electron chi connectivity index (χ0n) is 10.5. The zero-order chi connectivity index (χ0) is 11.1. The molecule has 1 unspecified atom stereocenters. The molecule has 0 amide bonds. The summed E-state index contributed by atoms with van der Waals surface area (Å²) in [6, 6.07) is 0.684. The minimum atomic E-state index is 0.684. The lowest BCUT2D eigenvalue weighted by Gasteiger charge is -2.13. The molecule has 3 nitrogen and oxygen atoms in total. The highest BCUT2D eigenvalue weighted by atomic mass is 16.5. The Morgan fingerprint density at radius 3 is 2.80 bits per heavy atom. The normalized spacial score (nSPS) is 22.8. The second-order valence-electron chi connectivity index (χ2n) is 5.00. The number of hydrogen-bond acceptors (Lipinski definition) is 3. The van der Waals surface area contributed by atoms with Gasteiger partial charge in [-0.2, -0.15) is 0 Å². The third kappa shape index (κ3) is 6.13. The molecular weight excluding hydrogens is 188 g/mol. The number of ether oxygens (including phenoxy) is 1. The molecule has 1 aliphatic rings. The molecule has 1 saturated heterocycles. The summed E-state index contributed by atoms with van der Waals surface area (Å²) in [4.78, 5) is 2.37. The second kappa shape index (κ2) is 7.20. The van der Waals surface area contributed by atoms with Crippen molar-refractivity contribution >= 4 is 0 Å². The summed E-state index contributed by atoms with van der Waals surface area (Å²) in [5.41, 5.74) is 0. The Bertz CT molecular complexity index is 162. The van der Waals surface area contributed by atoms with Gasteiger partial charge in [0, 0.05) is 25.7 Å². The van der Waals surface area contributed by atoms with Crippen molar-refractivity contribution in [3.8, 4) is 0 Å². The molecule has 1 atom stereocenters. The van der Waals surface area contributed by atoms with Crippen LogP contribution in [0.1, 0.15) is 26.7 Å². The first-order valence-corrected chi connectivity index (χ1v) is 6.18. The van der Waals surface area contributed by atoms with Gasteiger partial charge in [-0.25, -0.2) is 0 Å². The highest BCUT2D eigenvalue weighted by Gasteiger charge is 2.17. The third-order valence-corrected chi connectivity index (χ3v) is 2.91. The minimum Gasteiger partial charge on any atom is -0.380 e. The molecule has 1 rings (SSSR count). The molecule has 0 bridgehead atoms. The second-order valence-corrected chi connectivity index (χ2v) is 5.00. The molecule has 1 heterocycles. The molecule has 1 aliphatic heterocycles. The standard InChI is InChI=1S/C12H26N2O/c1-11(2)5-8-15-9-6-13-12-4-7-14(3)10-12/h11-13H,4-10H2,1-3H3. The van der Waals surface area contributed by atoms with E-state index in [0.29, 0.717) is 6.04 Å². The Morgan fingerprint density at radius 2 is 2.20 bits per heavy atom. The van der Waals surface area contributed by atoms with Crippen LogP contribution in [0.25, 0.3) is 0 Å². The van der Waals surface area contributed by atoms with E-state index < -0.39 is 0 Å². The fourth-order valence-corrected chi connectivity index (χ4v) is 1.86. The lowest BCUT2D eigenvalue weighted by molar-refractivity contribution is 0.123. The van der Waals surface area contributed by atoms with Crippen molar-refractivity contribution in [2.24, 2.45) is 5.92 Å². The van der Waals surface area contributed by atoms with E-state index in [0.717, 1.165) is 25.7 Å². The summed E-state index contributed by atoms with van der Waals surface area (Å²) in [5.74, 6) is 0.751. The molecule has 1 N–H and O–H groups in total. The molecule has 1 fully saturated rings. The Kier molecular flexibility index (Phi) is 6.22. The van der Waals surface area contributed by atoms with Crippen molar-refractivity contribution in [3.05, 3.63) is 0 Å². The van der Waals surface area contributed by atoms with Gasteiger partial charge in [0.1, 0.15) is 0 Å². The van der Waals surface area contributed by atoms with E-state index in [1.165, 1.54) is 25.9 Å². The Hall–Kier alpha value is -0.120. The first kappa shape index (κ1) is 12.9. The fraction of sp³-hybridized carbons (Fsp3) is 1.00. The number of rotatable bonds is 7.